The molecule has 0 fully saturated rings. The van der Waals surface area contributed by atoms with Gasteiger partial charge in [0.1, 0.15) is 5.75 Å². The van der Waals surface area contributed by atoms with E-state index in [4.69, 9.17) is 15.0 Å². The van der Waals surface area contributed by atoms with E-state index in [1.54, 1.807) is 26.2 Å². The van der Waals surface area contributed by atoms with E-state index in [1.165, 1.54) is 0 Å². The highest BCUT2D eigenvalue weighted by Crippen LogP contribution is 2.27. The Morgan fingerprint density at radius 3 is 2.80 bits per heavy atom. The van der Waals surface area contributed by atoms with Crippen LogP contribution in [0.15, 0.2) is 22.7 Å². The van der Waals surface area contributed by atoms with Crippen LogP contribution in [0.1, 0.15) is 5.82 Å². The molecule has 1 aromatic carbocycles. The van der Waals surface area contributed by atoms with Crippen molar-refractivity contribution in [2.45, 2.75) is 6.92 Å². The number of methoxy groups -OCH3 is 1. The molecule has 5 nitrogen and oxygen atoms in total. The number of benzene rings is 1. The van der Waals surface area contributed by atoms with Crippen LogP contribution in [0.3, 0.4) is 0 Å². The molecule has 78 valence electrons. The lowest BCUT2D eigenvalue weighted by molar-refractivity contribution is 0.414. The molecule has 15 heavy (non-hydrogen) atoms. The summed E-state index contributed by atoms with van der Waals surface area (Å²) in [5, 5.41) is 3.71. The van der Waals surface area contributed by atoms with Crippen LogP contribution in [0.4, 0.5) is 5.69 Å². The van der Waals surface area contributed by atoms with Gasteiger partial charge in [-0.1, -0.05) is 5.16 Å². The predicted octanol–water partition coefficient (Wildman–Crippen LogP) is 1.64. The third kappa shape index (κ3) is 1.76. The molecule has 0 bridgehead atoms. The van der Waals surface area contributed by atoms with Crippen LogP contribution in [-0.4, -0.2) is 17.3 Å². The van der Waals surface area contributed by atoms with Crippen molar-refractivity contribution in [3.05, 3.63) is 24.0 Å². The first-order chi connectivity index (χ1) is 7.20. The minimum absolute atomic E-state index is 0.464. The zero-order valence-corrected chi connectivity index (χ0v) is 8.52. The van der Waals surface area contributed by atoms with E-state index in [9.17, 15) is 0 Å². The van der Waals surface area contributed by atoms with Crippen molar-refractivity contribution >= 4 is 5.69 Å². The summed E-state index contributed by atoms with van der Waals surface area (Å²) in [5.74, 6) is 1.66. The molecule has 2 rings (SSSR count). The highest BCUT2D eigenvalue weighted by atomic mass is 16.5. The number of aryl methyl sites for hydroxylation is 1. The zero-order valence-electron chi connectivity index (χ0n) is 8.52. The number of anilines is 1. The molecule has 2 N–H and O–H groups in total. The van der Waals surface area contributed by atoms with Crippen molar-refractivity contribution in [2.75, 3.05) is 12.8 Å². The van der Waals surface area contributed by atoms with Crippen LogP contribution in [0.2, 0.25) is 0 Å². The van der Waals surface area contributed by atoms with Crippen LogP contribution < -0.4 is 10.5 Å². The number of aromatic nitrogens is 2. The fraction of sp³-hybridized carbons (Fsp3) is 0.200. The predicted molar refractivity (Wildman–Crippen MR) is 55.4 cm³/mol. The summed E-state index contributed by atoms with van der Waals surface area (Å²) in [6.45, 7) is 1.77. The van der Waals surface area contributed by atoms with Crippen LogP contribution in [0, 0.1) is 6.92 Å². The molecule has 0 aliphatic rings. The average molecular weight is 205 g/mol. The quantitative estimate of drug-likeness (QED) is 0.754. The van der Waals surface area contributed by atoms with Gasteiger partial charge in [-0.25, -0.2) is 0 Å². The topological polar surface area (TPSA) is 74.2 Å². The standard InChI is InChI=1S/C10H11N3O2/c1-6-12-10(15-13-6)7-3-4-8(11)9(5-7)14-2/h3-5H,11H2,1-2H3. The van der Waals surface area contributed by atoms with Crippen molar-refractivity contribution in [1.82, 2.24) is 10.1 Å². The van der Waals surface area contributed by atoms with Crippen molar-refractivity contribution < 1.29 is 9.26 Å². The first-order valence-corrected chi connectivity index (χ1v) is 4.45. The minimum atomic E-state index is 0.464. The van der Waals surface area contributed by atoms with Gasteiger partial charge in [0.25, 0.3) is 5.89 Å². The van der Waals surface area contributed by atoms with E-state index in [0.717, 1.165) is 5.56 Å². The lowest BCUT2D eigenvalue weighted by atomic mass is 10.2. The molecule has 0 spiro atoms. The largest absolute Gasteiger partial charge is 0.495 e. The van der Waals surface area contributed by atoms with E-state index in [1.807, 2.05) is 6.07 Å². The van der Waals surface area contributed by atoms with Crippen molar-refractivity contribution in [3.8, 4) is 17.2 Å². The molecule has 0 saturated carbocycles. The second-order valence-electron chi connectivity index (χ2n) is 3.10. The summed E-state index contributed by atoms with van der Waals surface area (Å²) in [6.07, 6.45) is 0. The Hall–Kier alpha value is -2.04. The summed E-state index contributed by atoms with van der Waals surface area (Å²) in [7, 11) is 1.56. The fourth-order valence-corrected chi connectivity index (χ4v) is 1.26. The molecular weight excluding hydrogens is 194 g/mol. The van der Waals surface area contributed by atoms with Crippen molar-refractivity contribution in [2.24, 2.45) is 0 Å². The lowest BCUT2D eigenvalue weighted by Crippen LogP contribution is -1.92. The van der Waals surface area contributed by atoms with Crippen molar-refractivity contribution in [1.29, 1.82) is 0 Å². The number of hydrogen-bond donors (Lipinski definition) is 1. The smallest absolute Gasteiger partial charge is 0.258 e. The molecule has 0 aliphatic heterocycles. The van der Waals surface area contributed by atoms with E-state index >= 15 is 0 Å². The van der Waals surface area contributed by atoms with Crippen LogP contribution in [-0.2, 0) is 0 Å². The Morgan fingerprint density at radius 2 is 2.20 bits per heavy atom. The first kappa shape index (κ1) is 9.51. The molecule has 2 aromatic rings. The van der Waals surface area contributed by atoms with E-state index in [0.29, 0.717) is 23.2 Å². The molecule has 1 aromatic heterocycles. The second kappa shape index (κ2) is 3.61. The van der Waals surface area contributed by atoms with Crippen LogP contribution in [0.25, 0.3) is 11.5 Å². The van der Waals surface area contributed by atoms with Gasteiger partial charge < -0.3 is 15.0 Å². The fourth-order valence-electron chi connectivity index (χ4n) is 1.26. The molecule has 1 heterocycles. The van der Waals surface area contributed by atoms with Crippen molar-refractivity contribution in [3.63, 3.8) is 0 Å². The number of hydrogen-bond acceptors (Lipinski definition) is 5. The van der Waals surface area contributed by atoms with Gasteiger partial charge >= 0.3 is 0 Å². The maximum Gasteiger partial charge on any atom is 0.258 e. The highest BCUT2D eigenvalue weighted by molar-refractivity contribution is 5.64. The molecule has 0 radical (unpaired) electrons. The van der Waals surface area contributed by atoms with E-state index < -0.39 is 0 Å². The van der Waals surface area contributed by atoms with Gasteiger partial charge in [0.15, 0.2) is 5.82 Å². The minimum Gasteiger partial charge on any atom is -0.495 e. The summed E-state index contributed by atoms with van der Waals surface area (Å²) < 4.78 is 10.1. The highest BCUT2D eigenvalue weighted by Gasteiger charge is 2.08. The average Bonchev–Trinajstić information content (AvgIpc) is 2.66. The zero-order chi connectivity index (χ0) is 10.8. The number of rotatable bonds is 2. The Balaban J connectivity index is 2.45. The molecule has 0 saturated heterocycles. The summed E-state index contributed by atoms with van der Waals surface area (Å²) in [5.41, 5.74) is 7.07. The maximum absolute atomic E-state index is 5.69. The summed E-state index contributed by atoms with van der Waals surface area (Å²) in [4.78, 5) is 4.11. The molecule has 0 atom stereocenters. The first-order valence-electron chi connectivity index (χ1n) is 4.45. The molecule has 0 aliphatic carbocycles. The van der Waals surface area contributed by atoms with Gasteiger partial charge in [0, 0.05) is 5.56 Å². The van der Waals surface area contributed by atoms with Crippen LogP contribution >= 0.6 is 0 Å². The number of nitrogens with zero attached hydrogens (tertiary/aromatic N) is 2. The Labute approximate surface area is 86.9 Å². The van der Waals surface area contributed by atoms with Gasteiger partial charge in [-0.2, -0.15) is 4.98 Å². The third-order valence-electron chi connectivity index (χ3n) is 2.01. The molecule has 5 heteroatoms. The molecular formula is C10H11N3O2. The lowest BCUT2D eigenvalue weighted by Gasteiger charge is -2.04. The number of nitrogens with two attached hydrogens (primary N) is 1. The van der Waals surface area contributed by atoms with E-state index in [-0.39, 0.29) is 0 Å². The Kier molecular flexibility index (Phi) is 2.29. The number of nitrogen functional groups attached to an aromatic ring is 1. The SMILES string of the molecule is COc1cc(-c2nc(C)no2)ccc1N. The molecule has 0 amide bonds. The van der Waals surface area contributed by atoms with E-state index in [2.05, 4.69) is 10.1 Å². The summed E-state index contributed by atoms with van der Waals surface area (Å²) in [6, 6.07) is 5.32. The van der Waals surface area contributed by atoms with Gasteiger partial charge in [-0.3, -0.25) is 0 Å². The van der Waals surface area contributed by atoms with Gasteiger partial charge in [0.05, 0.1) is 12.8 Å². The normalized spacial score (nSPS) is 10.3. The molecule has 0 unspecified atom stereocenters. The van der Waals surface area contributed by atoms with Gasteiger partial charge in [-0.05, 0) is 25.1 Å². The van der Waals surface area contributed by atoms with Crippen LogP contribution in [0.5, 0.6) is 5.75 Å². The Morgan fingerprint density at radius 1 is 1.40 bits per heavy atom. The summed E-state index contributed by atoms with van der Waals surface area (Å²) >= 11 is 0. The van der Waals surface area contributed by atoms with Gasteiger partial charge in [-0.15, -0.1) is 0 Å². The maximum atomic E-state index is 5.69. The third-order valence-corrected chi connectivity index (χ3v) is 2.01. The second-order valence-corrected chi connectivity index (χ2v) is 3.10. The van der Waals surface area contributed by atoms with Gasteiger partial charge in [0.2, 0.25) is 0 Å². The number of ether oxygens (including phenoxy) is 1. The monoisotopic (exact) mass is 205 g/mol. The Bertz CT molecular complexity index is 479.